The number of hydrogen-bond acceptors (Lipinski definition) is 0. The number of hydrogen-bond donors (Lipinski definition) is 0. The highest BCUT2D eigenvalue weighted by Gasteiger charge is 2.12. The van der Waals surface area contributed by atoms with E-state index in [2.05, 4.69) is 6.08 Å². The third-order valence-corrected chi connectivity index (χ3v) is 4.22. The van der Waals surface area contributed by atoms with Crippen LogP contribution in [0.4, 0.5) is 0 Å². The summed E-state index contributed by atoms with van der Waals surface area (Å²) in [4.78, 5) is 0. The van der Waals surface area contributed by atoms with Gasteiger partial charge in [-0.15, -0.1) is 0 Å². The smallest absolute Gasteiger partial charge is 0.0320 e. The molecule has 0 unspecified atom stereocenters. The Morgan fingerprint density at radius 2 is 1.47 bits per heavy atom. The molecular formula is C15H26. The zero-order valence-electron chi connectivity index (χ0n) is 10.1. The Morgan fingerprint density at radius 3 is 2.40 bits per heavy atom. The van der Waals surface area contributed by atoms with Gasteiger partial charge in [0.25, 0.3) is 0 Å². The molecule has 0 saturated heterocycles. The number of fused-ring (bicyclic) bond motifs is 4. The maximum Gasteiger partial charge on any atom is -0.0320 e. The fourth-order valence-electron chi connectivity index (χ4n) is 3.23. The molecule has 0 nitrogen and oxygen atoms in total. The van der Waals surface area contributed by atoms with Gasteiger partial charge < -0.3 is 0 Å². The first-order valence-electron chi connectivity index (χ1n) is 7.13. The molecule has 2 bridgehead atoms. The van der Waals surface area contributed by atoms with Crippen molar-refractivity contribution in [1.82, 2.24) is 0 Å². The van der Waals surface area contributed by atoms with Crippen molar-refractivity contribution in [2.24, 2.45) is 5.92 Å². The molecule has 2 aliphatic rings. The van der Waals surface area contributed by atoms with Crippen molar-refractivity contribution in [3.63, 3.8) is 0 Å². The molecule has 1 saturated carbocycles. The summed E-state index contributed by atoms with van der Waals surface area (Å²) in [5.41, 5.74) is 1.79. The normalized spacial score (nSPS) is 29.9. The van der Waals surface area contributed by atoms with Crippen molar-refractivity contribution in [3.05, 3.63) is 11.6 Å². The summed E-state index contributed by atoms with van der Waals surface area (Å²) in [6, 6.07) is 0. The molecule has 15 heavy (non-hydrogen) atoms. The maximum atomic E-state index is 2.58. The minimum absolute atomic E-state index is 1.07. The van der Waals surface area contributed by atoms with E-state index in [1.54, 1.807) is 5.57 Å². The average molecular weight is 206 g/mol. The fraction of sp³-hybridized carbons (Fsp3) is 0.867. The highest BCUT2D eigenvalue weighted by atomic mass is 14.2. The zero-order chi connectivity index (χ0) is 10.3. The molecule has 0 heteroatoms. The van der Waals surface area contributed by atoms with E-state index in [1.165, 1.54) is 77.0 Å². The average Bonchev–Trinajstić information content (AvgIpc) is 2.30. The van der Waals surface area contributed by atoms with E-state index in [0.29, 0.717) is 0 Å². The van der Waals surface area contributed by atoms with Crippen molar-refractivity contribution in [2.45, 2.75) is 77.0 Å². The van der Waals surface area contributed by atoms with E-state index in [4.69, 9.17) is 0 Å². The minimum Gasteiger partial charge on any atom is -0.0853 e. The van der Waals surface area contributed by atoms with Gasteiger partial charge in [0.05, 0.1) is 0 Å². The summed E-state index contributed by atoms with van der Waals surface area (Å²) in [6.45, 7) is 0. The molecule has 86 valence electrons. The highest BCUT2D eigenvalue weighted by molar-refractivity contribution is 5.02. The summed E-state index contributed by atoms with van der Waals surface area (Å²) in [5.74, 6) is 1.07. The summed E-state index contributed by atoms with van der Waals surface area (Å²) >= 11 is 0. The van der Waals surface area contributed by atoms with Crippen LogP contribution in [0.25, 0.3) is 0 Å². The lowest BCUT2D eigenvalue weighted by Gasteiger charge is -2.15. The zero-order valence-corrected chi connectivity index (χ0v) is 10.1. The van der Waals surface area contributed by atoms with Gasteiger partial charge >= 0.3 is 0 Å². The number of allylic oxidation sites excluding steroid dienone is 2. The summed E-state index contributed by atoms with van der Waals surface area (Å²) in [6.07, 6.45) is 20.1. The largest absolute Gasteiger partial charge is 0.0853 e. The second kappa shape index (κ2) is 6.35. The van der Waals surface area contributed by atoms with Crippen LogP contribution >= 0.6 is 0 Å². The molecule has 1 fully saturated rings. The first kappa shape index (κ1) is 11.2. The van der Waals surface area contributed by atoms with Gasteiger partial charge in [-0.2, -0.15) is 0 Å². The Balaban J connectivity index is 2.00. The van der Waals surface area contributed by atoms with Gasteiger partial charge in [0.1, 0.15) is 0 Å². The topological polar surface area (TPSA) is 0 Å². The van der Waals surface area contributed by atoms with E-state index >= 15 is 0 Å². The fourth-order valence-corrected chi connectivity index (χ4v) is 3.23. The van der Waals surface area contributed by atoms with Crippen LogP contribution in [0, 0.1) is 5.92 Å². The van der Waals surface area contributed by atoms with E-state index in [0.717, 1.165) is 5.92 Å². The molecule has 0 aromatic heterocycles. The van der Waals surface area contributed by atoms with E-state index in [9.17, 15) is 0 Å². The summed E-state index contributed by atoms with van der Waals surface area (Å²) in [7, 11) is 0. The van der Waals surface area contributed by atoms with Gasteiger partial charge in [0.15, 0.2) is 0 Å². The standard InChI is InChI=1S/C15H26/c1-2-4-9-15-11-6-5-10-14(8-3-1)12-7-13-15/h8,15H,1-7,9-13H2/t15-/m0/s1. The lowest BCUT2D eigenvalue weighted by atomic mass is 9.91. The van der Waals surface area contributed by atoms with Crippen LogP contribution < -0.4 is 0 Å². The summed E-state index contributed by atoms with van der Waals surface area (Å²) in [5, 5.41) is 0. The van der Waals surface area contributed by atoms with Crippen molar-refractivity contribution in [2.75, 3.05) is 0 Å². The molecule has 0 N–H and O–H groups in total. The molecule has 0 radical (unpaired) electrons. The van der Waals surface area contributed by atoms with Gasteiger partial charge in [-0.05, 0) is 44.4 Å². The van der Waals surface area contributed by atoms with Crippen molar-refractivity contribution < 1.29 is 0 Å². The quantitative estimate of drug-likeness (QED) is 0.476. The van der Waals surface area contributed by atoms with Crippen LogP contribution in [0.5, 0.6) is 0 Å². The van der Waals surface area contributed by atoms with Gasteiger partial charge in [0.2, 0.25) is 0 Å². The van der Waals surface area contributed by atoms with Crippen LogP contribution in [0.3, 0.4) is 0 Å². The first-order valence-corrected chi connectivity index (χ1v) is 7.13. The third kappa shape index (κ3) is 4.01. The van der Waals surface area contributed by atoms with Gasteiger partial charge in [0, 0.05) is 0 Å². The van der Waals surface area contributed by atoms with E-state index in [-0.39, 0.29) is 0 Å². The Kier molecular flexibility index (Phi) is 4.76. The Bertz CT molecular complexity index is 202. The molecule has 0 aliphatic heterocycles. The number of rotatable bonds is 0. The maximum absolute atomic E-state index is 2.58. The molecule has 1 atom stereocenters. The highest BCUT2D eigenvalue weighted by Crippen LogP contribution is 2.29. The predicted molar refractivity (Wildman–Crippen MR) is 67.0 cm³/mol. The van der Waals surface area contributed by atoms with Crippen molar-refractivity contribution in [1.29, 1.82) is 0 Å². The Labute approximate surface area is 95.1 Å². The van der Waals surface area contributed by atoms with Crippen LogP contribution in [-0.4, -0.2) is 0 Å². The Morgan fingerprint density at radius 1 is 0.733 bits per heavy atom. The van der Waals surface area contributed by atoms with Crippen molar-refractivity contribution >= 4 is 0 Å². The molecule has 0 amide bonds. The minimum atomic E-state index is 1.07. The third-order valence-electron chi connectivity index (χ3n) is 4.22. The van der Waals surface area contributed by atoms with Gasteiger partial charge in [-0.3, -0.25) is 0 Å². The van der Waals surface area contributed by atoms with Crippen molar-refractivity contribution in [3.8, 4) is 0 Å². The van der Waals surface area contributed by atoms with E-state index < -0.39 is 0 Å². The molecule has 2 aliphatic carbocycles. The SMILES string of the molecule is C1=C2CCCC[C@H](CCCCC1)CCC2. The molecule has 0 aromatic rings. The van der Waals surface area contributed by atoms with Crippen LogP contribution in [0.15, 0.2) is 11.6 Å². The van der Waals surface area contributed by atoms with Gasteiger partial charge in [-0.25, -0.2) is 0 Å². The summed E-state index contributed by atoms with van der Waals surface area (Å²) < 4.78 is 0. The molecule has 2 rings (SSSR count). The lowest BCUT2D eigenvalue weighted by molar-refractivity contribution is 0.385. The second-order valence-corrected chi connectivity index (χ2v) is 5.50. The van der Waals surface area contributed by atoms with Gasteiger partial charge in [-0.1, -0.05) is 50.2 Å². The Hall–Kier alpha value is -0.260. The van der Waals surface area contributed by atoms with Crippen LogP contribution in [0.1, 0.15) is 77.0 Å². The van der Waals surface area contributed by atoms with E-state index in [1.807, 2.05) is 0 Å². The molecular weight excluding hydrogens is 180 g/mol. The molecule has 0 spiro atoms. The monoisotopic (exact) mass is 206 g/mol. The lowest BCUT2D eigenvalue weighted by Crippen LogP contribution is -2.00. The second-order valence-electron chi connectivity index (χ2n) is 5.50. The van der Waals surface area contributed by atoms with Crippen LogP contribution in [0.2, 0.25) is 0 Å². The van der Waals surface area contributed by atoms with Crippen LogP contribution in [-0.2, 0) is 0 Å². The molecule has 0 aromatic carbocycles. The first-order chi connectivity index (χ1) is 7.45. The predicted octanol–water partition coefficient (Wildman–Crippen LogP) is 5.24. The molecule has 0 heterocycles.